The third-order valence-electron chi connectivity index (χ3n) is 2.10. The van der Waals surface area contributed by atoms with Gasteiger partial charge in [-0.1, -0.05) is 26.8 Å². The molecule has 0 heterocycles. The van der Waals surface area contributed by atoms with Crippen molar-refractivity contribution in [2.75, 3.05) is 5.32 Å². The van der Waals surface area contributed by atoms with Crippen LogP contribution in [0.1, 0.15) is 33.3 Å². The Kier molecular flexibility index (Phi) is 3.12. The molecule has 2 nitrogen and oxygen atoms in total. The summed E-state index contributed by atoms with van der Waals surface area (Å²) in [6, 6.07) is 4.47. The molecule has 0 fully saturated rings. The van der Waals surface area contributed by atoms with Crippen LogP contribution in [0.4, 0.5) is 10.1 Å². The largest absolute Gasteiger partial charge is 0.326 e. The van der Waals surface area contributed by atoms with E-state index in [0.717, 1.165) is 5.56 Å². The summed E-state index contributed by atoms with van der Waals surface area (Å²) in [5.41, 5.74) is 1.36. The normalized spacial score (nSPS) is 11.3. The van der Waals surface area contributed by atoms with Gasteiger partial charge in [-0.25, -0.2) is 4.39 Å². The van der Waals surface area contributed by atoms with E-state index in [4.69, 9.17) is 0 Å². The molecule has 0 saturated carbocycles. The smallest absolute Gasteiger partial charge is 0.221 e. The standard InChI is InChI=1S/C12H16FNO/c1-8(15)14-11-7-9(13)5-6-10(11)12(2,3)4/h5-7H,1-4H3,(H,14,15). The maximum Gasteiger partial charge on any atom is 0.221 e. The lowest BCUT2D eigenvalue weighted by Gasteiger charge is -2.22. The number of benzene rings is 1. The molecule has 82 valence electrons. The number of rotatable bonds is 1. The highest BCUT2D eigenvalue weighted by molar-refractivity contribution is 5.89. The van der Waals surface area contributed by atoms with Gasteiger partial charge in [-0.2, -0.15) is 0 Å². The number of halogens is 1. The number of hydrogen-bond donors (Lipinski definition) is 1. The molecule has 0 radical (unpaired) electrons. The van der Waals surface area contributed by atoms with Gasteiger partial charge in [0.1, 0.15) is 5.82 Å². The zero-order valence-corrected chi connectivity index (χ0v) is 9.52. The van der Waals surface area contributed by atoms with Crippen molar-refractivity contribution >= 4 is 11.6 Å². The fraction of sp³-hybridized carbons (Fsp3) is 0.417. The van der Waals surface area contributed by atoms with Crippen molar-refractivity contribution in [1.29, 1.82) is 0 Å². The lowest BCUT2D eigenvalue weighted by atomic mass is 9.85. The summed E-state index contributed by atoms with van der Waals surface area (Å²) in [6.45, 7) is 7.47. The minimum Gasteiger partial charge on any atom is -0.326 e. The number of nitrogens with one attached hydrogen (secondary N) is 1. The van der Waals surface area contributed by atoms with Crippen molar-refractivity contribution in [1.82, 2.24) is 0 Å². The van der Waals surface area contributed by atoms with Gasteiger partial charge in [-0.15, -0.1) is 0 Å². The first kappa shape index (κ1) is 11.7. The first-order valence-electron chi connectivity index (χ1n) is 4.88. The molecule has 0 bridgehead atoms. The van der Waals surface area contributed by atoms with E-state index in [9.17, 15) is 9.18 Å². The zero-order chi connectivity index (χ0) is 11.6. The van der Waals surface area contributed by atoms with Crippen molar-refractivity contribution in [2.45, 2.75) is 33.1 Å². The van der Waals surface area contributed by atoms with Crippen molar-refractivity contribution in [3.8, 4) is 0 Å². The Morgan fingerprint density at radius 1 is 1.33 bits per heavy atom. The maximum absolute atomic E-state index is 13.0. The van der Waals surface area contributed by atoms with Gasteiger partial charge in [0.2, 0.25) is 5.91 Å². The van der Waals surface area contributed by atoms with Crippen LogP contribution in [0.2, 0.25) is 0 Å². The highest BCUT2D eigenvalue weighted by Gasteiger charge is 2.18. The third-order valence-corrected chi connectivity index (χ3v) is 2.10. The molecule has 0 saturated heterocycles. The zero-order valence-electron chi connectivity index (χ0n) is 9.52. The van der Waals surface area contributed by atoms with Crippen LogP contribution in [0.5, 0.6) is 0 Å². The fourth-order valence-corrected chi connectivity index (χ4v) is 1.46. The van der Waals surface area contributed by atoms with E-state index in [1.54, 1.807) is 6.07 Å². The Hall–Kier alpha value is -1.38. The molecule has 15 heavy (non-hydrogen) atoms. The van der Waals surface area contributed by atoms with Gasteiger partial charge < -0.3 is 5.32 Å². The number of anilines is 1. The number of amides is 1. The van der Waals surface area contributed by atoms with Gasteiger partial charge in [0.25, 0.3) is 0 Å². The minimum absolute atomic E-state index is 0.120. The van der Waals surface area contributed by atoms with Gasteiger partial charge >= 0.3 is 0 Å². The molecule has 0 atom stereocenters. The number of carbonyl (C=O) groups is 1. The summed E-state index contributed by atoms with van der Waals surface area (Å²) < 4.78 is 13.0. The summed E-state index contributed by atoms with van der Waals surface area (Å²) in [4.78, 5) is 11.0. The van der Waals surface area contributed by atoms with E-state index in [-0.39, 0.29) is 17.1 Å². The van der Waals surface area contributed by atoms with Crippen LogP contribution < -0.4 is 5.32 Å². The Labute approximate surface area is 89.5 Å². The molecule has 1 aromatic rings. The van der Waals surface area contributed by atoms with Crippen molar-refractivity contribution in [2.24, 2.45) is 0 Å². The minimum atomic E-state index is -0.341. The molecule has 0 spiro atoms. The van der Waals surface area contributed by atoms with E-state index in [2.05, 4.69) is 5.32 Å². The lowest BCUT2D eigenvalue weighted by Crippen LogP contribution is -2.17. The van der Waals surface area contributed by atoms with Crippen molar-refractivity contribution in [3.63, 3.8) is 0 Å². The van der Waals surface area contributed by atoms with Crippen LogP contribution in [-0.2, 0) is 10.2 Å². The summed E-state index contributed by atoms with van der Waals surface area (Å²) >= 11 is 0. The molecule has 0 aliphatic heterocycles. The molecule has 1 N–H and O–H groups in total. The molecular weight excluding hydrogens is 193 g/mol. The Balaban J connectivity index is 3.20. The second-order valence-corrected chi connectivity index (χ2v) is 4.62. The van der Waals surface area contributed by atoms with E-state index < -0.39 is 0 Å². The van der Waals surface area contributed by atoms with Crippen LogP contribution in [0.3, 0.4) is 0 Å². The van der Waals surface area contributed by atoms with Gasteiger partial charge in [0.15, 0.2) is 0 Å². The molecule has 0 aromatic heterocycles. The molecule has 1 amide bonds. The molecular formula is C12H16FNO. The van der Waals surface area contributed by atoms with Gasteiger partial charge in [0.05, 0.1) is 0 Å². The van der Waals surface area contributed by atoms with Crippen molar-refractivity contribution in [3.05, 3.63) is 29.6 Å². The molecule has 1 rings (SSSR count). The Bertz CT molecular complexity index is 380. The number of carbonyl (C=O) groups excluding carboxylic acids is 1. The molecule has 3 heteroatoms. The Morgan fingerprint density at radius 2 is 1.93 bits per heavy atom. The monoisotopic (exact) mass is 209 g/mol. The average Bonchev–Trinajstić information content (AvgIpc) is 1.99. The fourth-order valence-electron chi connectivity index (χ4n) is 1.46. The summed E-state index contributed by atoms with van der Waals surface area (Å²) in [6.07, 6.45) is 0. The van der Waals surface area contributed by atoms with Crippen LogP contribution in [0.15, 0.2) is 18.2 Å². The second-order valence-electron chi connectivity index (χ2n) is 4.62. The Morgan fingerprint density at radius 3 is 2.40 bits per heavy atom. The SMILES string of the molecule is CC(=O)Nc1cc(F)ccc1C(C)(C)C. The third kappa shape index (κ3) is 3.05. The first-order chi connectivity index (χ1) is 6.80. The summed E-state index contributed by atoms with van der Waals surface area (Å²) in [7, 11) is 0. The molecule has 1 aromatic carbocycles. The maximum atomic E-state index is 13.0. The lowest BCUT2D eigenvalue weighted by molar-refractivity contribution is -0.114. The van der Waals surface area contributed by atoms with Crippen LogP contribution in [-0.4, -0.2) is 5.91 Å². The summed E-state index contributed by atoms with van der Waals surface area (Å²) in [5.74, 6) is -0.530. The van der Waals surface area contributed by atoms with E-state index >= 15 is 0 Å². The molecule has 0 aliphatic rings. The van der Waals surface area contributed by atoms with Crippen LogP contribution in [0.25, 0.3) is 0 Å². The average molecular weight is 209 g/mol. The van der Waals surface area contributed by atoms with Crippen molar-refractivity contribution < 1.29 is 9.18 Å². The van der Waals surface area contributed by atoms with E-state index in [1.807, 2.05) is 20.8 Å². The molecule has 0 unspecified atom stereocenters. The highest BCUT2D eigenvalue weighted by Crippen LogP contribution is 2.29. The van der Waals surface area contributed by atoms with Crippen LogP contribution >= 0.6 is 0 Å². The predicted molar refractivity (Wildman–Crippen MR) is 59.4 cm³/mol. The highest BCUT2D eigenvalue weighted by atomic mass is 19.1. The quantitative estimate of drug-likeness (QED) is 0.756. The second kappa shape index (κ2) is 4.01. The topological polar surface area (TPSA) is 29.1 Å². The predicted octanol–water partition coefficient (Wildman–Crippen LogP) is 3.08. The molecule has 0 aliphatic carbocycles. The van der Waals surface area contributed by atoms with E-state index in [0.29, 0.717) is 5.69 Å². The van der Waals surface area contributed by atoms with Gasteiger partial charge in [0, 0.05) is 12.6 Å². The van der Waals surface area contributed by atoms with Gasteiger partial charge in [-0.3, -0.25) is 4.79 Å². The van der Waals surface area contributed by atoms with Gasteiger partial charge in [-0.05, 0) is 23.1 Å². The van der Waals surface area contributed by atoms with E-state index in [1.165, 1.54) is 19.1 Å². The first-order valence-corrected chi connectivity index (χ1v) is 4.88. The summed E-state index contributed by atoms with van der Waals surface area (Å²) in [5, 5.41) is 2.64. The van der Waals surface area contributed by atoms with Crippen LogP contribution in [0, 0.1) is 5.82 Å². The number of hydrogen-bond acceptors (Lipinski definition) is 1.